The molecule has 2 heterocycles. The van der Waals surface area contributed by atoms with Gasteiger partial charge in [-0.2, -0.15) is 0 Å². The van der Waals surface area contributed by atoms with Crippen LogP contribution in [0.15, 0.2) is 18.2 Å². The zero-order chi connectivity index (χ0) is 15.3. The van der Waals surface area contributed by atoms with Crippen molar-refractivity contribution in [3.05, 3.63) is 35.4 Å². The number of hydrogen-bond donors (Lipinski definition) is 0. The van der Waals surface area contributed by atoms with Crippen molar-refractivity contribution in [1.82, 2.24) is 4.90 Å². The van der Waals surface area contributed by atoms with Gasteiger partial charge < -0.3 is 4.90 Å². The monoisotopic (exact) mass is 305 g/mol. The molecule has 2 aliphatic carbocycles. The summed E-state index contributed by atoms with van der Waals surface area (Å²) >= 11 is 0. The van der Waals surface area contributed by atoms with Crippen LogP contribution in [0.3, 0.4) is 0 Å². The highest BCUT2D eigenvalue weighted by Gasteiger charge is 2.43. The number of hydrogen-bond acceptors (Lipinski definition) is 1. The Labute approximate surface area is 129 Å². The van der Waals surface area contributed by atoms with Gasteiger partial charge in [0.2, 0.25) is 5.91 Å². The maximum atomic E-state index is 13.3. The Bertz CT molecular complexity index is 589. The van der Waals surface area contributed by atoms with E-state index in [0.29, 0.717) is 17.5 Å². The first kappa shape index (κ1) is 14.2. The molecule has 4 heteroatoms. The molecule has 4 bridgehead atoms. The molecule has 2 atom stereocenters. The summed E-state index contributed by atoms with van der Waals surface area (Å²) in [7, 11) is 0. The molecule has 2 saturated carbocycles. The van der Waals surface area contributed by atoms with Gasteiger partial charge in [0.15, 0.2) is 11.6 Å². The number of rotatable bonds is 2. The molecule has 0 aromatic heterocycles. The van der Waals surface area contributed by atoms with Crippen LogP contribution in [0.1, 0.15) is 37.7 Å². The summed E-state index contributed by atoms with van der Waals surface area (Å²) in [6, 6.07) is 4.13. The summed E-state index contributed by atoms with van der Waals surface area (Å²) in [5.41, 5.74) is 0.563. The van der Waals surface area contributed by atoms with E-state index in [0.717, 1.165) is 43.4 Å². The number of benzene rings is 1. The van der Waals surface area contributed by atoms with Gasteiger partial charge in [0, 0.05) is 12.6 Å². The summed E-state index contributed by atoms with van der Waals surface area (Å²) in [6.07, 6.45) is 6.32. The van der Waals surface area contributed by atoms with E-state index in [4.69, 9.17) is 0 Å². The standard InChI is InChI=1S/C18H21F2NO/c19-16-2-1-11(8-17(16)20)9-18(22)21-10-14-4-12-3-13(5-14)7-15(21)6-12/h1-2,8,12-15H,3-7,9-10H2. The molecule has 0 N–H and O–H groups in total. The molecule has 2 aliphatic heterocycles. The zero-order valence-electron chi connectivity index (χ0n) is 12.6. The van der Waals surface area contributed by atoms with Crippen LogP contribution in [0.5, 0.6) is 0 Å². The molecule has 2 nitrogen and oxygen atoms in total. The minimum Gasteiger partial charge on any atom is -0.339 e. The highest BCUT2D eigenvalue weighted by molar-refractivity contribution is 5.79. The first-order valence-corrected chi connectivity index (χ1v) is 8.32. The highest BCUT2D eigenvalue weighted by atomic mass is 19.2. The van der Waals surface area contributed by atoms with Gasteiger partial charge >= 0.3 is 0 Å². The van der Waals surface area contributed by atoms with E-state index >= 15 is 0 Å². The van der Waals surface area contributed by atoms with Crippen LogP contribution in [-0.4, -0.2) is 23.4 Å². The van der Waals surface area contributed by atoms with Gasteiger partial charge in [-0.25, -0.2) is 8.78 Å². The van der Waals surface area contributed by atoms with Crippen LogP contribution in [0.25, 0.3) is 0 Å². The average molecular weight is 305 g/mol. The second-order valence-corrected chi connectivity index (χ2v) is 7.40. The van der Waals surface area contributed by atoms with E-state index in [1.807, 2.05) is 4.90 Å². The minimum atomic E-state index is -0.874. The van der Waals surface area contributed by atoms with E-state index < -0.39 is 11.6 Å². The van der Waals surface area contributed by atoms with Gasteiger partial charge in [0.25, 0.3) is 0 Å². The smallest absolute Gasteiger partial charge is 0.227 e. The molecule has 1 aromatic rings. The maximum absolute atomic E-state index is 13.3. The molecular formula is C18H21F2NO. The summed E-state index contributed by atoms with van der Waals surface area (Å²) in [5.74, 6) is 0.574. The number of amides is 1. The first-order valence-electron chi connectivity index (χ1n) is 8.32. The number of fused-ring (bicyclic) bond motifs is 1. The first-order chi connectivity index (χ1) is 10.6. The molecule has 4 aliphatic rings. The van der Waals surface area contributed by atoms with Gasteiger partial charge in [-0.3, -0.25) is 4.79 Å². The second kappa shape index (κ2) is 5.32. The lowest BCUT2D eigenvalue weighted by Crippen LogP contribution is -2.42. The van der Waals surface area contributed by atoms with Crippen LogP contribution in [0, 0.1) is 29.4 Å². The van der Waals surface area contributed by atoms with Gasteiger partial charge in [-0.05, 0) is 67.6 Å². The third kappa shape index (κ3) is 2.53. The average Bonchev–Trinajstić information content (AvgIpc) is 2.67. The largest absolute Gasteiger partial charge is 0.339 e. The lowest BCUT2D eigenvalue weighted by molar-refractivity contribution is -0.133. The normalized spacial score (nSPS) is 33.1. The summed E-state index contributed by atoms with van der Waals surface area (Å²) in [6.45, 7) is 0.861. The molecule has 5 rings (SSSR count). The topological polar surface area (TPSA) is 20.3 Å². The van der Waals surface area contributed by atoms with Crippen molar-refractivity contribution in [2.24, 2.45) is 17.8 Å². The van der Waals surface area contributed by atoms with Crippen LogP contribution >= 0.6 is 0 Å². The predicted molar refractivity (Wildman–Crippen MR) is 79.1 cm³/mol. The molecule has 1 amide bonds. The van der Waals surface area contributed by atoms with Crippen LogP contribution < -0.4 is 0 Å². The Morgan fingerprint density at radius 3 is 2.36 bits per heavy atom. The van der Waals surface area contributed by atoms with Crippen molar-refractivity contribution in [2.45, 2.75) is 44.6 Å². The van der Waals surface area contributed by atoms with Crippen molar-refractivity contribution in [2.75, 3.05) is 6.54 Å². The number of nitrogens with zero attached hydrogens (tertiary/aromatic N) is 1. The third-order valence-corrected chi connectivity index (χ3v) is 5.77. The molecule has 2 saturated heterocycles. The molecule has 118 valence electrons. The fourth-order valence-electron chi connectivity index (χ4n) is 5.02. The SMILES string of the molecule is O=C(Cc1ccc(F)c(F)c1)N1CC2CC3CC(C2)CC1C3. The number of halogens is 2. The number of carbonyl (C=O) groups is 1. The summed E-state index contributed by atoms with van der Waals surface area (Å²) in [5, 5.41) is 0. The quantitative estimate of drug-likeness (QED) is 0.818. The molecule has 2 unspecified atom stereocenters. The third-order valence-electron chi connectivity index (χ3n) is 5.77. The van der Waals surface area contributed by atoms with Crippen molar-refractivity contribution in [3.8, 4) is 0 Å². The van der Waals surface area contributed by atoms with E-state index in [2.05, 4.69) is 0 Å². The minimum absolute atomic E-state index is 0.0733. The van der Waals surface area contributed by atoms with Crippen molar-refractivity contribution in [3.63, 3.8) is 0 Å². The molecule has 4 fully saturated rings. The lowest BCUT2D eigenvalue weighted by atomic mass is 9.68. The predicted octanol–water partition coefficient (Wildman–Crippen LogP) is 3.54. The molecule has 22 heavy (non-hydrogen) atoms. The molecule has 0 radical (unpaired) electrons. The molecule has 1 aromatic carbocycles. The van der Waals surface area contributed by atoms with Crippen molar-refractivity contribution in [1.29, 1.82) is 0 Å². The maximum Gasteiger partial charge on any atom is 0.227 e. The fraction of sp³-hybridized carbons (Fsp3) is 0.611. The van der Waals surface area contributed by atoms with E-state index in [9.17, 15) is 13.6 Å². The Kier molecular flexibility index (Phi) is 3.43. The Morgan fingerprint density at radius 1 is 1.00 bits per heavy atom. The van der Waals surface area contributed by atoms with Crippen LogP contribution in [-0.2, 0) is 11.2 Å². The molecular weight excluding hydrogens is 284 g/mol. The Hall–Kier alpha value is -1.45. The summed E-state index contributed by atoms with van der Waals surface area (Å²) in [4.78, 5) is 14.7. The zero-order valence-corrected chi connectivity index (χ0v) is 12.6. The van der Waals surface area contributed by atoms with E-state index in [-0.39, 0.29) is 12.3 Å². The summed E-state index contributed by atoms with van der Waals surface area (Å²) < 4.78 is 26.3. The lowest BCUT2D eigenvalue weighted by Gasteiger charge is -2.39. The number of carbonyl (C=O) groups excluding carboxylic acids is 1. The van der Waals surface area contributed by atoms with E-state index in [1.165, 1.54) is 25.3 Å². The highest BCUT2D eigenvalue weighted by Crippen LogP contribution is 2.47. The van der Waals surface area contributed by atoms with Crippen LogP contribution in [0.4, 0.5) is 8.78 Å². The van der Waals surface area contributed by atoms with Gasteiger partial charge in [0.05, 0.1) is 6.42 Å². The van der Waals surface area contributed by atoms with Gasteiger partial charge in [-0.15, -0.1) is 0 Å². The van der Waals surface area contributed by atoms with E-state index in [1.54, 1.807) is 0 Å². The van der Waals surface area contributed by atoms with Crippen molar-refractivity contribution < 1.29 is 13.6 Å². The van der Waals surface area contributed by atoms with Gasteiger partial charge in [0.1, 0.15) is 0 Å². The Morgan fingerprint density at radius 2 is 1.68 bits per heavy atom. The van der Waals surface area contributed by atoms with Gasteiger partial charge in [-0.1, -0.05) is 6.07 Å². The van der Waals surface area contributed by atoms with Crippen LogP contribution in [0.2, 0.25) is 0 Å². The second-order valence-electron chi connectivity index (χ2n) is 7.40. The van der Waals surface area contributed by atoms with Crippen molar-refractivity contribution >= 4 is 5.91 Å². The fourth-order valence-corrected chi connectivity index (χ4v) is 5.02. The molecule has 0 spiro atoms. The Balaban J connectivity index is 1.51.